The van der Waals surface area contributed by atoms with Gasteiger partial charge >= 0.3 is 0 Å². The number of fused-ring (bicyclic) bond motifs is 1. The van der Waals surface area contributed by atoms with Gasteiger partial charge < -0.3 is 15.4 Å². The molecule has 3 N–H and O–H groups in total. The molecule has 0 saturated heterocycles. The Morgan fingerprint density at radius 2 is 2.14 bits per heavy atom. The van der Waals surface area contributed by atoms with Crippen molar-refractivity contribution in [2.45, 2.75) is 13.3 Å². The third kappa shape index (κ3) is 3.05. The minimum absolute atomic E-state index is 0.147. The van der Waals surface area contributed by atoms with Crippen LogP contribution >= 0.6 is 11.6 Å². The van der Waals surface area contributed by atoms with E-state index in [1.807, 2.05) is 37.3 Å². The van der Waals surface area contributed by atoms with Crippen LogP contribution in [-0.2, 0) is 0 Å². The van der Waals surface area contributed by atoms with E-state index < -0.39 is 0 Å². The lowest BCUT2D eigenvalue weighted by Gasteiger charge is -2.08. The molecule has 0 radical (unpaired) electrons. The summed E-state index contributed by atoms with van der Waals surface area (Å²) in [4.78, 5) is 12.4. The van der Waals surface area contributed by atoms with Gasteiger partial charge in [-0.3, -0.25) is 0 Å². The molecule has 0 amide bonds. The van der Waals surface area contributed by atoms with Crippen LogP contribution in [0.1, 0.15) is 12.1 Å². The lowest BCUT2D eigenvalue weighted by molar-refractivity contribution is 0.292. The first-order chi connectivity index (χ1) is 10.7. The minimum Gasteiger partial charge on any atom is -0.396 e. The molecule has 1 aromatic carbocycles. The van der Waals surface area contributed by atoms with Crippen LogP contribution in [0.4, 0.5) is 5.82 Å². The van der Waals surface area contributed by atoms with E-state index in [9.17, 15) is 0 Å². The van der Waals surface area contributed by atoms with Gasteiger partial charge in [0.05, 0.1) is 5.39 Å². The smallest absolute Gasteiger partial charge is 0.163 e. The number of nitrogens with zero attached hydrogens (tertiary/aromatic N) is 2. The zero-order chi connectivity index (χ0) is 15.5. The average Bonchev–Trinajstić information content (AvgIpc) is 2.88. The van der Waals surface area contributed by atoms with Crippen molar-refractivity contribution in [1.29, 1.82) is 0 Å². The number of aromatic nitrogens is 3. The number of nitrogens with one attached hydrogen (secondary N) is 2. The van der Waals surface area contributed by atoms with Gasteiger partial charge in [0.2, 0.25) is 0 Å². The normalized spacial score (nSPS) is 11.0. The quantitative estimate of drug-likeness (QED) is 0.631. The Kier molecular flexibility index (Phi) is 4.27. The van der Waals surface area contributed by atoms with Gasteiger partial charge in [0, 0.05) is 29.4 Å². The molecule has 0 aliphatic heterocycles. The number of aliphatic hydroxyl groups is 1. The maximum absolute atomic E-state index is 8.93. The molecule has 0 atom stereocenters. The number of halogens is 1. The topological polar surface area (TPSA) is 73.8 Å². The van der Waals surface area contributed by atoms with Gasteiger partial charge in [0.1, 0.15) is 11.5 Å². The SMILES string of the molecule is Cc1cc2c(NCCCO)nc(-c3cccc(Cl)c3)nc2[nH]1. The van der Waals surface area contributed by atoms with E-state index in [4.69, 9.17) is 16.7 Å². The van der Waals surface area contributed by atoms with Crippen molar-refractivity contribution in [2.24, 2.45) is 0 Å². The first kappa shape index (κ1) is 14.8. The molecule has 114 valence electrons. The van der Waals surface area contributed by atoms with Crippen LogP contribution in [0.5, 0.6) is 0 Å². The molecule has 0 aliphatic carbocycles. The van der Waals surface area contributed by atoms with E-state index in [0.717, 1.165) is 28.1 Å². The standard InChI is InChI=1S/C16H17ClN4O/c1-10-8-13-15(18-6-3-7-22)20-14(21-16(13)19-10)11-4-2-5-12(17)9-11/h2,4-5,8-9,22H,3,6-7H2,1H3,(H2,18,19,20,21). The molecule has 0 bridgehead atoms. The largest absolute Gasteiger partial charge is 0.396 e. The Bertz CT molecular complexity index is 800. The number of hydrogen-bond acceptors (Lipinski definition) is 4. The Balaban J connectivity index is 2.07. The highest BCUT2D eigenvalue weighted by Crippen LogP contribution is 2.26. The predicted octanol–water partition coefficient (Wildman–Crippen LogP) is 3.38. The highest BCUT2D eigenvalue weighted by molar-refractivity contribution is 6.30. The van der Waals surface area contributed by atoms with E-state index in [-0.39, 0.29) is 6.61 Å². The summed E-state index contributed by atoms with van der Waals surface area (Å²) in [7, 11) is 0. The fourth-order valence-electron chi connectivity index (χ4n) is 2.32. The minimum atomic E-state index is 0.147. The number of hydrogen-bond donors (Lipinski definition) is 3. The van der Waals surface area contributed by atoms with Crippen molar-refractivity contribution in [2.75, 3.05) is 18.5 Å². The maximum Gasteiger partial charge on any atom is 0.163 e. The van der Waals surface area contributed by atoms with Crippen molar-refractivity contribution < 1.29 is 5.11 Å². The molecule has 3 rings (SSSR count). The molecule has 0 unspecified atom stereocenters. The van der Waals surface area contributed by atoms with E-state index in [0.29, 0.717) is 23.8 Å². The zero-order valence-electron chi connectivity index (χ0n) is 12.2. The van der Waals surface area contributed by atoms with Crippen LogP contribution in [0, 0.1) is 6.92 Å². The maximum atomic E-state index is 8.93. The molecule has 6 heteroatoms. The molecule has 0 saturated carbocycles. The van der Waals surface area contributed by atoms with Gasteiger partial charge in [-0.05, 0) is 31.5 Å². The molecular weight excluding hydrogens is 300 g/mol. The summed E-state index contributed by atoms with van der Waals surface area (Å²) < 4.78 is 0. The second-order valence-corrected chi connectivity index (χ2v) is 5.56. The Morgan fingerprint density at radius 1 is 1.27 bits per heavy atom. The van der Waals surface area contributed by atoms with Crippen molar-refractivity contribution in [3.05, 3.63) is 41.0 Å². The Hall–Kier alpha value is -2.11. The Morgan fingerprint density at radius 3 is 2.91 bits per heavy atom. The van der Waals surface area contributed by atoms with Crippen LogP contribution < -0.4 is 5.32 Å². The van der Waals surface area contributed by atoms with E-state index >= 15 is 0 Å². The van der Waals surface area contributed by atoms with E-state index in [2.05, 4.69) is 20.3 Å². The molecule has 0 fully saturated rings. The molecular formula is C16H17ClN4O. The van der Waals surface area contributed by atoms with Crippen LogP contribution in [0.3, 0.4) is 0 Å². The number of anilines is 1. The summed E-state index contributed by atoms with van der Waals surface area (Å²) in [6, 6.07) is 9.49. The van der Waals surface area contributed by atoms with Gasteiger partial charge in [-0.1, -0.05) is 23.7 Å². The molecule has 2 heterocycles. The monoisotopic (exact) mass is 316 g/mol. The summed E-state index contributed by atoms with van der Waals surface area (Å²) in [5, 5.41) is 13.8. The number of aromatic amines is 1. The van der Waals surface area contributed by atoms with Gasteiger partial charge in [-0.2, -0.15) is 0 Å². The van der Waals surface area contributed by atoms with Gasteiger partial charge in [-0.15, -0.1) is 0 Å². The Labute approximate surface area is 133 Å². The molecule has 0 spiro atoms. The predicted molar refractivity (Wildman–Crippen MR) is 89.3 cm³/mol. The lowest BCUT2D eigenvalue weighted by atomic mass is 10.2. The number of benzene rings is 1. The highest BCUT2D eigenvalue weighted by Gasteiger charge is 2.11. The summed E-state index contributed by atoms with van der Waals surface area (Å²) in [5.41, 5.74) is 2.68. The summed E-state index contributed by atoms with van der Waals surface area (Å²) in [6.07, 6.45) is 0.668. The number of rotatable bonds is 5. The number of H-pyrrole nitrogens is 1. The number of aliphatic hydroxyl groups excluding tert-OH is 1. The third-order valence-corrected chi connectivity index (χ3v) is 3.57. The molecule has 5 nitrogen and oxygen atoms in total. The second kappa shape index (κ2) is 6.34. The fraction of sp³-hybridized carbons (Fsp3) is 0.250. The van der Waals surface area contributed by atoms with Crippen molar-refractivity contribution in [3.8, 4) is 11.4 Å². The first-order valence-corrected chi connectivity index (χ1v) is 7.53. The fourth-order valence-corrected chi connectivity index (χ4v) is 2.51. The average molecular weight is 317 g/mol. The van der Waals surface area contributed by atoms with E-state index in [1.54, 1.807) is 0 Å². The third-order valence-electron chi connectivity index (χ3n) is 3.33. The van der Waals surface area contributed by atoms with Crippen LogP contribution in [0.15, 0.2) is 30.3 Å². The lowest BCUT2D eigenvalue weighted by Crippen LogP contribution is -2.06. The zero-order valence-corrected chi connectivity index (χ0v) is 13.0. The number of aryl methyl sites for hydroxylation is 1. The van der Waals surface area contributed by atoms with Crippen LogP contribution in [-0.4, -0.2) is 33.2 Å². The van der Waals surface area contributed by atoms with Crippen molar-refractivity contribution in [3.63, 3.8) is 0 Å². The summed E-state index contributed by atoms with van der Waals surface area (Å²) >= 11 is 6.05. The van der Waals surface area contributed by atoms with E-state index in [1.165, 1.54) is 0 Å². The van der Waals surface area contributed by atoms with Crippen LogP contribution in [0.2, 0.25) is 5.02 Å². The van der Waals surface area contributed by atoms with Gasteiger partial charge in [-0.25, -0.2) is 9.97 Å². The molecule has 3 aromatic rings. The second-order valence-electron chi connectivity index (χ2n) is 5.12. The van der Waals surface area contributed by atoms with Gasteiger partial charge in [0.25, 0.3) is 0 Å². The highest BCUT2D eigenvalue weighted by atomic mass is 35.5. The molecule has 0 aliphatic rings. The van der Waals surface area contributed by atoms with Gasteiger partial charge in [0.15, 0.2) is 5.82 Å². The summed E-state index contributed by atoms with van der Waals surface area (Å²) in [5.74, 6) is 1.38. The first-order valence-electron chi connectivity index (χ1n) is 7.15. The van der Waals surface area contributed by atoms with Crippen LogP contribution in [0.25, 0.3) is 22.4 Å². The van der Waals surface area contributed by atoms with Crippen molar-refractivity contribution >= 4 is 28.5 Å². The molecule has 2 aromatic heterocycles. The van der Waals surface area contributed by atoms with Crippen molar-refractivity contribution in [1.82, 2.24) is 15.0 Å². The molecule has 22 heavy (non-hydrogen) atoms. The summed E-state index contributed by atoms with van der Waals surface area (Å²) in [6.45, 7) is 2.79.